The number of benzene rings is 2. The highest BCUT2D eigenvalue weighted by Gasteiger charge is 2.05. The van der Waals surface area contributed by atoms with E-state index in [1.54, 1.807) is 12.1 Å². The molecule has 28 heavy (non-hydrogen) atoms. The van der Waals surface area contributed by atoms with E-state index in [0.29, 0.717) is 11.6 Å². The van der Waals surface area contributed by atoms with Crippen LogP contribution in [0.5, 0.6) is 11.5 Å². The third kappa shape index (κ3) is 5.52. The second-order valence-electron chi connectivity index (χ2n) is 6.64. The molecule has 1 aromatic heterocycles. The number of ether oxygens (including phenoxy) is 2. The maximum Gasteiger partial charge on any atom is 0.159 e. The summed E-state index contributed by atoms with van der Waals surface area (Å²) in [6, 6.07) is 15.3. The second-order valence-corrected chi connectivity index (χ2v) is 6.64. The highest BCUT2D eigenvalue weighted by atomic mass is 19.1. The average molecular weight is 380 g/mol. The topological polar surface area (TPSA) is 44.2 Å². The molecule has 146 valence electrons. The van der Waals surface area contributed by atoms with Crippen molar-refractivity contribution in [2.45, 2.75) is 32.9 Å². The van der Waals surface area contributed by atoms with E-state index < -0.39 is 6.17 Å². The van der Waals surface area contributed by atoms with Crippen LogP contribution < -0.4 is 9.47 Å². The standard InChI is InChI=1S/C23H25FN2O2/c1-3-4-13-27-21-9-5-18(6-10-21)20-14-25-23(26-15-20)19-7-11-22(12-8-19)28-16-17(2)24/h5-12,14-15,17H,3-4,13,16H2,1-2H3. The van der Waals surface area contributed by atoms with Gasteiger partial charge in [0.2, 0.25) is 0 Å². The number of rotatable bonds is 9. The van der Waals surface area contributed by atoms with Gasteiger partial charge < -0.3 is 9.47 Å². The minimum atomic E-state index is -0.993. The Morgan fingerprint density at radius 3 is 1.96 bits per heavy atom. The Morgan fingerprint density at radius 2 is 1.39 bits per heavy atom. The monoisotopic (exact) mass is 380 g/mol. The van der Waals surface area contributed by atoms with Crippen molar-refractivity contribution in [3.05, 3.63) is 60.9 Å². The molecule has 0 bridgehead atoms. The number of alkyl halides is 1. The van der Waals surface area contributed by atoms with Crippen LogP contribution in [0.4, 0.5) is 4.39 Å². The molecule has 1 heterocycles. The Hall–Kier alpha value is -2.95. The zero-order valence-corrected chi connectivity index (χ0v) is 16.3. The van der Waals surface area contributed by atoms with Gasteiger partial charge in [0.15, 0.2) is 5.82 Å². The van der Waals surface area contributed by atoms with Gasteiger partial charge in [-0.15, -0.1) is 0 Å². The Balaban J connectivity index is 1.64. The lowest BCUT2D eigenvalue weighted by molar-refractivity contribution is 0.210. The van der Waals surface area contributed by atoms with E-state index in [1.165, 1.54) is 6.92 Å². The Morgan fingerprint density at radius 1 is 0.821 bits per heavy atom. The van der Waals surface area contributed by atoms with Crippen molar-refractivity contribution >= 4 is 0 Å². The Kier molecular flexibility index (Phi) is 6.95. The number of hydrogen-bond donors (Lipinski definition) is 0. The van der Waals surface area contributed by atoms with Gasteiger partial charge >= 0.3 is 0 Å². The molecule has 1 unspecified atom stereocenters. The van der Waals surface area contributed by atoms with E-state index in [-0.39, 0.29) is 6.61 Å². The summed E-state index contributed by atoms with van der Waals surface area (Å²) in [6.45, 7) is 4.40. The third-order valence-electron chi connectivity index (χ3n) is 4.20. The van der Waals surface area contributed by atoms with Crippen molar-refractivity contribution in [3.8, 4) is 34.0 Å². The highest BCUT2D eigenvalue weighted by molar-refractivity contribution is 5.64. The van der Waals surface area contributed by atoms with Gasteiger partial charge in [-0.25, -0.2) is 14.4 Å². The summed E-state index contributed by atoms with van der Waals surface area (Å²) in [5.41, 5.74) is 2.87. The first-order valence-corrected chi connectivity index (χ1v) is 9.58. The summed E-state index contributed by atoms with van der Waals surface area (Å²) >= 11 is 0. The maximum absolute atomic E-state index is 12.8. The first-order chi connectivity index (χ1) is 13.7. The highest BCUT2D eigenvalue weighted by Crippen LogP contribution is 2.24. The van der Waals surface area contributed by atoms with Crippen LogP contribution in [0.15, 0.2) is 60.9 Å². The number of unbranched alkanes of at least 4 members (excludes halogenated alkanes) is 1. The van der Waals surface area contributed by atoms with Gasteiger partial charge in [0, 0.05) is 23.5 Å². The van der Waals surface area contributed by atoms with E-state index in [1.807, 2.05) is 48.8 Å². The first kappa shape index (κ1) is 19.8. The largest absolute Gasteiger partial charge is 0.494 e. The number of aromatic nitrogens is 2. The van der Waals surface area contributed by atoms with Crippen molar-refractivity contribution in [3.63, 3.8) is 0 Å². The van der Waals surface area contributed by atoms with Crippen molar-refractivity contribution in [2.24, 2.45) is 0 Å². The Labute approximate surface area is 165 Å². The fraction of sp³-hybridized carbons (Fsp3) is 0.304. The summed E-state index contributed by atoms with van der Waals surface area (Å²) in [6.07, 6.45) is 4.80. The summed E-state index contributed by atoms with van der Waals surface area (Å²) < 4.78 is 23.9. The molecular weight excluding hydrogens is 355 g/mol. The van der Waals surface area contributed by atoms with Crippen LogP contribution in [-0.4, -0.2) is 29.4 Å². The average Bonchev–Trinajstić information content (AvgIpc) is 2.73. The van der Waals surface area contributed by atoms with E-state index in [0.717, 1.165) is 41.9 Å². The van der Waals surface area contributed by atoms with E-state index in [4.69, 9.17) is 9.47 Å². The molecule has 4 nitrogen and oxygen atoms in total. The maximum atomic E-state index is 12.8. The van der Waals surface area contributed by atoms with Crippen LogP contribution in [0.2, 0.25) is 0 Å². The minimum absolute atomic E-state index is 0.0486. The van der Waals surface area contributed by atoms with E-state index in [9.17, 15) is 4.39 Å². The predicted octanol–water partition coefficient (Wildman–Crippen LogP) is 5.73. The zero-order chi connectivity index (χ0) is 19.8. The first-order valence-electron chi connectivity index (χ1n) is 9.58. The van der Waals surface area contributed by atoms with Crippen LogP contribution in [-0.2, 0) is 0 Å². The fourth-order valence-electron chi connectivity index (χ4n) is 2.62. The summed E-state index contributed by atoms with van der Waals surface area (Å²) in [7, 11) is 0. The lowest BCUT2D eigenvalue weighted by Gasteiger charge is -2.08. The van der Waals surface area contributed by atoms with Crippen LogP contribution in [0, 0.1) is 0 Å². The minimum Gasteiger partial charge on any atom is -0.494 e. The molecule has 2 aromatic carbocycles. The SMILES string of the molecule is CCCCOc1ccc(-c2cnc(-c3ccc(OCC(C)F)cc3)nc2)cc1. The molecule has 0 fully saturated rings. The molecule has 3 rings (SSSR count). The summed E-state index contributed by atoms with van der Waals surface area (Å²) in [4.78, 5) is 8.94. The lowest BCUT2D eigenvalue weighted by Crippen LogP contribution is -2.08. The van der Waals surface area contributed by atoms with Gasteiger partial charge in [-0.3, -0.25) is 0 Å². The zero-order valence-electron chi connectivity index (χ0n) is 16.3. The fourth-order valence-corrected chi connectivity index (χ4v) is 2.62. The molecule has 0 aliphatic carbocycles. The molecule has 0 amide bonds. The number of halogens is 1. The van der Waals surface area contributed by atoms with E-state index >= 15 is 0 Å². The van der Waals surface area contributed by atoms with Crippen molar-refractivity contribution in [1.29, 1.82) is 0 Å². The molecule has 0 radical (unpaired) electrons. The molecule has 0 N–H and O–H groups in total. The molecule has 0 saturated heterocycles. The Bertz CT molecular complexity index is 847. The van der Waals surface area contributed by atoms with Crippen LogP contribution in [0.25, 0.3) is 22.5 Å². The van der Waals surface area contributed by atoms with Gasteiger partial charge in [0.25, 0.3) is 0 Å². The van der Waals surface area contributed by atoms with Gasteiger partial charge in [-0.2, -0.15) is 0 Å². The lowest BCUT2D eigenvalue weighted by atomic mass is 10.1. The van der Waals surface area contributed by atoms with Crippen molar-refractivity contribution in [1.82, 2.24) is 9.97 Å². The normalized spacial score (nSPS) is 11.8. The molecule has 0 aliphatic heterocycles. The van der Waals surface area contributed by atoms with Crippen LogP contribution in [0.3, 0.4) is 0 Å². The predicted molar refractivity (Wildman–Crippen MR) is 109 cm³/mol. The van der Waals surface area contributed by atoms with Crippen LogP contribution in [0.1, 0.15) is 26.7 Å². The summed E-state index contributed by atoms with van der Waals surface area (Å²) in [5, 5.41) is 0. The second kappa shape index (κ2) is 9.83. The molecule has 0 aliphatic rings. The molecule has 5 heteroatoms. The molecule has 0 saturated carbocycles. The summed E-state index contributed by atoms with van der Waals surface area (Å²) in [5.74, 6) is 2.14. The van der Waals surface area contributed by atoms with E-state index in [2.05, 4.69) is 16.9 Å². The van der Waals surface area contributed by atoms with Gasteiger partial charge in [0.05, 0.1) is 6.61 Å². The molecular formula is C23H25FN2O2. The molecule has 3 aromatic rings. The van der Waals surface area contributed by atoms with Gasteiger partial charge in [-0.05, 0) is 55.3 Å². The quantitative estimate of drug-likeness (QED) is 0.445. The van der Waals surface area contributed by atoms with Gasteiger partial charge in [-0.1, -0.05) is 25.5 Å². The molecule has 0 spiro atoms. The smallest absolute Gasteiger partial charge is 0.159 e. The van der Waals surface area contributed by atoms with Crippen molar-refractivity contribution < 1.29 is 13.9 Å². The van der Waals surface area contributed by atoms with Crippen LogP contribution >= 0.6 is 0 Å². The number of nitrogens with zero attached hydrogens (tertiary/aromatic N) is 2. The third-order valence-corrected chi connectivity index (χ3v) is 4.20. The molecule has 1 atom stereocenters. The van der Waals surface area contributed by atoms with Crippen molar-refractivity contribution in [2.75, 3.05) is 13.2 Å². The number of hydrogen-bond acceptors (Lipinski definition) is 4. The van der Waals surface area contributed by atoms with Gasteiger partial charge in [0.1, 0.15) is 24.3 Å².